The highest BCUT2D eigenvalue weighted by molar-refractivity contribution is 6.31. The van der Waals surface area contributed by atoms with Gasteiger partial charge in [-0.25, -0.2) is 9.97 Å². The minimum atomic E-state index is -0.0831. The lowest BCUT2D eigenvalue weighted by molar-refractivity contribution is 0.294. The van der Waals surface area contributed by atoms with E-state index >= 15 is 0 Å². The van der Waals surface area contributed by atoms with Gasteiger partial charge in [-0.15, -0.1) is 0 Å². The van der Waals surface area contributed by atoms with Crippen LogP contribution in [0.1, 0.15) is 53.6 Å². The summed E-state index contributed by atoms with van der Waals surface area (Å²) in [7, 11) is 0. The number of ether oxygens (including phenoxy) is 1. The Labute approximate surface area is 193 Å². The Morgan fingerprint density at radius 1 is 1.09 bits per heavy atom. The number of anilines is 1. The maximum absolute atomic E-state index is 9.51. The molecule has 2 fully saturated rings. The largest absolute Gasteiger partial charge is 0.487 e. The molecule has 2 aromatic carbocycles. The van der Waals surface area contributed by atoms with Gasteiger partial charge < -0.3 is 9.64 Å². The van der Waals surface area contributed by atoms with Crippen molar-refractivity contribution in [1.29, 1.82) is 5.26 Å². The molecule has 1 aliphatic carbocycles. The van der Waals surface area contributed by atoms with Crippen molar-refractivity contribution in [2.45, 2.75) is 44.6 Å². The van der Waals surface area contributed by atoms with Gasteiger partial charge in [0.15, 0.2) is 0 Å². The lowest BCUT2D eigenvalue weighted by Crippen LogP contribution is -2.38. The van der Waals surface area contributed by atoms with Gasteiger partial charge in [-0.3, -0.25) is 0 Å². The van der Waals surface area contributed by atoms with Gasteiger partial charge >= 0.3 is 0 Å². The summed E-state index contributed by atoms with van der Waals surface area (Å²) in [5, 5.41) is 10.2. The van der Waals surface area contributed by atoms with E-state index in [-0.39, 0.29) is 5.41 Å². The van der Waals surface area contributed by atoms with E-state index in [0.717, 1.165) is 54.4 Å². The van der Waals surface area contributed by atoms with Crippen molar-refractivity contribution in [1.82, 2.24) is 9.97 Å². The highest BCUT2D eigenvalue weighted by atomic mass is 35.5. The van der Waals surface area contributed by atoms with E-state index in [1.165, 1.54) is 18.4 Å². The monoisotopic (exact) mass is 444 g/mol. The molecule has 6 heteroatoms. The number of rotatable bonds is 6. The predicted molar refractivity (Wildman–Crippen MR) is 125 cm³/mol. The van der Waals surface area contributed by atoms with E-state index in [4.69, 9.17) is 16.3 Å². The summed E-state index contributed by atoms with van der Waals surface area (Å²) in [6, 6.07) is 16.6. The molecule has 2 heterocycles. The van der Waals surface area contributed by atoms with Crippen LogP contribution in [0.15, 0.2) is 48.7 Å². The maximum Gasteiger partial charge on any atom is 0.225 e. The Balaban J connectivity index is 1.33. The lowest BCUT2D eigenvalue weighted by atomic mass is 9.60. The summed E-state index contributed by atoms with van der Waals surface area (Å²) < 4.78 is 6.00. The number of aromatic nitrogens is 2. The zero-order valence-corrected chi connectivity index (χ0v) is 18.9. The molecule has 0 radical (unpaired) electrons. The standard InChI is InChI=1S/C26H25ClN4O/c1-18-19(16-28)14-21(15-24(18)27)26(9-2-10-26)20-4-6-23(7-5-20)32-17-22-8-11-29-25(30-22)31-12-3-13-31/h4-8,11,14-15H,2-3,9-10,12-13,17H2,1H3. The smallest absolute Gasteiger partial charge is 0.225 e. The molecule has 1 aliphatic heterocycles. The molecule has 5 nitrogen and oxygen atoms in total. The van der Waals surface area contributed by atoms with Crippen molar-refractivity contribution in [2.75, 3.05) is 18.0 Å². The van der Waals surface area contributed by atoms with Crippen LogP contribution in [0.25, 0.3) is 0 Å². The SMILES string of the molecule is Cc1c(Cl)cc(C2(c3ccc(OCc4ccnc(N5CCC5)n4)cc3)CCC2)cc1C#N. The average molecular weight is 445 g/mol. The quantitative estimate of drug-likeness (QED) is 0.497. The summed E-state index contributed by atoms with van der Waals surface area (Å²) in [6.45, 7) is 4.35. The maximum atomic E-state index is 9.51. The van der Waals surface area contributed by atoms with Crippen molar-refractivity contribution < 1.29 is 4.74 Å². The molecule has 1 aromatic heterocycles. The van der Waals surface area contributed by atoms with Gasteiger partial charge in [0.05, 0.1) is 17.3 Å². The van der Waals surface area contributed by atoms with Gasteiger partial charge in [0, 0.05) is 29.7 Å². The zero-order valence-electron chi connectivity index (χ0n) is 18.1. The number of nitrogens with zero attached hydrogens (tertiary/aromatic N) is 4. The van der Waals surface area contributed by atoms with Crippen molar-refractivity contribution >= 4 is 17.5 Å². The molecular formula is C26H25ClN4O. The fourth-order valence-electron chi connectivity index (χ4n) is 4.51. The van der Waals surface area contributed by atoms with Gasteiger partial charge in [-0.1, -0.05) is 30.2 Å². The van der Waals surface area contributed by atoms with E-state index < -0.39 is 0 Å². The molecule has 1 saturated carbocycles. The molecule has 1 saturated heterocycles. The van der Waals surface area contributed by atoms with Crippen LogP contribution in [0.3, 0.4) is 0 Å². The second-order valence-electron chi connectivity index (χ2n) is 8.68. The van der Waals surface area contributed by atoms with E-state index in [1.807, 2.05) is 37.3 Å². The highest BCUT2D eigenvalue weighted by Crippen LogP contribution is 2.50. The van der Waals surface area contributed by atoms with Crippen LogP contribution >= 0.6 is 11.6 Å². The minimum absolute atomic E-state index is 0.0831. The van der Waals surface area contributed by atoms with Crippen LogP contribution in [0, 0.1) is 18.3 Å². The summed E-state index contributed by atoms with van der Waals surface area (Å²) in [5.74, 6) is 1.60. The normalized spacial score (nSPS) is 16.6. The minimum Gasteiger partial charge on any atom is -0.487 e. The van der Waals surface area contributed by atoms with Gasteiger partial charge in [0.1, 0.15) is 12.4 Å². The first-order valence-electron chi connectivity index (χ1n) is 11.1. The van der Waals surface area contributed by atoms with Crippen molar-refractivity contribution in [3.63, 3.8) is 0 Å². The number of hydrogen-bond donors (Lipinski definition) is 0. The van der Waals surface area contributed by atoms with E-state index in [1.54, 1.807) is 6.20 Å². The third kappa shape index (κ3) is 3.69. The first-order chi connectivity index (χ1) is 15.6. The van der Waals surface area contributed by atoms with Crippen molar-refractivity contribution in [3.05, 3.63) is 81.6 Å². The zero-order chi connectivity index (χ0) is 22.1. The van der Waals surface area contributed by atoms with Crippen LogP contribution in [0.4, 0.5) is 5.95 Å². The summed E-state index contributed by atoms with van der Waals surface area (Å²) >= 11 is 6.46. The fourth-order valence-corrected chi connectivity index (χ4v) is 4.73. The molecule has 0 amide bonds. The Kier molecular flexibility index (Phi) is 5.48. The number of benzene rings is 2. The van der Waals surface area contributed by atoms with Crippen molar-refractivity contribution in [2.24, 2.45) is 0 Å². The van der Waals surface area contributed by atoms with Crippen LogP contribution < -0.4 is 9.64 Å². The second-order valence-corrected chi connectivity index (χ2v) is 9.09. The van der Waals surface area contributed by atoms with Gasteiger partial charge in [0.2, 0.25) is 5.95 Å². The van der Waals surface area contributed by atoms with Crippen LogP contribution in [-0.4, -0.2) is 23.1 Å². The van der Waals surface area contributed by atoms with E-state index in [2.05, 4.69) is 33.1 Å². The third-order valence-corrected chi connectivity index (χ3v) is 7.25. The molecule has 2 aliphatic rings. The Morgan fingerprint density at radius 3 is 2.50 bits per heavy atom. The van der Waals surface area contributed by atoms with Crippen LogP contribution in [0.5, 0.6) is 5.75 Å². The Hall–Kier alpha value is -3.10. The Morgan fingerprint density at radius 2 is 1.88 bits per heavy atom. The summed E-state index contributed by atoms with van der Waals surface area (Å²) in [6.07, 6.45) is 6.27. The molecule has 32 heavy (non-hydrogen) atoms. The Bertz CT molecular complexity index is 1180. The van der Waals surface area contributed by atoms with Crippen LogP contribution in [0.2, 0.25) is 5.02 Å². The molecule has 0 N–H and O–H groups in total. The molecule has 0 atom stereocenters. The van der Waals surface area contributed by atoms with Gasteiger partial charge in [-0.05, 0) is 73.2 Å². The topological polar surface area (TPSA) is 62.0 Å². The first-order valence-corrected chi connectivity index (χ1v) is 11.5. The number of nitriles is 1. The first kappa shape index (κ1) is 20.8. The summed E-state index contributed by atoms with van der Waals surface area (Å²) in [5.41, 5.74) is 4.66. The molecule has 0 unspecified atom stereocenters. The van der Waals surface area contributed by atoms with Crippen molar-refractivity contribution in [3.8, 4) is 11.8 Å². The fraction of sp³-hybridized carbons (Fsp3) is 0.346. The highest BCUT2D eigenvalue weighted by Gasteiger charge is 2.40. The summed E-state index contributed by atoms with van der Waals surface area (Å²) in [4.78, 5) is 11.1. The molecule has 162 valence electrons. The number of hydrogen-bond acceptors (Lipinski definition) is 5. The molecular weight excluding hydrogens is 420 g/mol. The second kappa shape index (κ2) is 8.44. The molecule has 0 bridgehead atoms. The average Bonchev–Trinajstić information content (AvgIpc) is 2.74. The molecule has 0 spiro atoms. The van der Waals surface area contributed by atoms with E-state index in [9.17, 15) is 5.26 Å². The lowest BCUT2D eigenvalue weighted by Gasteiger charge is -2.43. The third-order valence-electron chi connectivity index (χ3n) is 6.86. The van der Waals surface area contributed by atoms with Gasteiger partial charge in [-0.2, -0.15) is 5.26 Å². The van der Waals surface area contributed by atoms with E-state index in [0.29, 0.717) is 17.2 Å². The van der Waals surface area contributed by atoms with Crippen LogP contribution in [-0.2, 0) is 12.0 Å². The van der Waals surface area contributed by atoms with Gasteiger partial charge in [0.25, 0.3) is 0 Å². The number of halogens is 1. The predicted octanol–water partition coefficient (Wildman–Crippen LogP) is 5.57. The molecule has 3 aromatic rings. The molecule has 5 rings (SSSR count).